The molecule has 0 saturated carbocycles. The second-order valence-corrected chi connectivity index (χ2v) is 10.4. The summed E-state index contributed by atoms with van der Waals surface area (Å²) < 4.78 is 19.7. The van der Waals surface area contributed by atoms with Crippen LogP contribution < -0.4 is 9.64 Å². The summed E-state index contributed by atoms with van der Waals surface area (Å²) in [5, 5.41) is 0. The van der Waals surface area contributed by atoms with Crippen LogP contribution in [0.2, 0.25) is 0 Å². The van der Waals surface area contributed by atoms with Gasteiger partial charge in [-0.05, 0) is 35.9 Å². The number of rotatable bonds is 4. The molecule has 1 fully saturated rings. The highest BCUT2D eigenvalue weighted by Gasteiger charge is 2.71. The predicted molar refractivity (Wildman–Crippen MR) is 150 cm³/mol. The van der Waals surface area contributed by atoms with Crippen LogP contribution in [0.15, 0.2) is 103 Å². The Morgan fingerprint density at radius 1 is 0.850 bits per heavy atom. The third-order valence-electron chi connectivity index (χ3n) is 8.55. The molecule has 0 amide bonds. The molecule has 3 aliphatic rings. The number of carbonyl (C=O) groups excluding carboxylic acids is 3. The Labute approximate surface area is 230 Å². The van der Waals surface area contributed by atoms with Crippen LogP contribution in [0, 0.1) is 11.2 Å². The lowest BCUT2D eigenvalue weighted by Crippen LogP contribution is -2.48. The number of hydrogen-bond acceptors (Lipinski definition) is 5. The van der Waals surface area contributed by atoms with E-state index in [1.807, 2.05) is 35.2 Å². The Bertz CT molecular complexity index is 1710. The molecule has 0 N–H and O–H groups in total. The van der Waals surface area contributed by atoms with Gasteiger partial charge in [0.1, 0.15) is 23.0 Å². The number of Topliss-reactive ketones (excluding diaryl/α,β-unsaturated/α-hetero) is 3. The Morgan fingerprint density at radius 2 is 1.55 bits per heavy atom. The van der Waals surface area contributed by atoms with Crippen LogP contribution in [0.4, 0.5) is 10.1 Å². The molecule has 1 aliphatic carbocycles. The van der Waals surface area contributed by atoms with Crippen LogP contribution in [-0.2, 0) is 0 Å². The Kier molecular flexibility index (Phi) is 5.36. The Morgan fingerprint density at radius 3 is 2.25 bits per heavy atom. The van der Waals surface area contributed by atoms with Gasteiger partial charge in [0.2, 0.25) is 0 Å². The monoisotopic (exact) mass is 529 g/mol. The number of hydrogen-bond donors (Lipinski definition) is 0. The van der Waals surface area contributed by atoms with E-state index in [0.717, 1.165) is 0 Å². The zero-order chi connectivity index (χ0) is 27.6. The smallest absolute Gasteiger partial charge is 0.186 e. The van der Waals surface area contributed by atoms with E-state index < -0.39 is 29.2 Å². The fourth-order valence-electron chi connectivity index (χ4n) is 6.93. The topological polar surface area (TPSA) is 63.7 Å². The number of carbonyl (C=O) groups is 3. The summed E-state index contributed by atoms with van der Waals surface area (Å²) in [6, 6.07) is 25.7. The summed E-state index contributed by atoms with van der Waals surface area (Å²) >= 11 is 0. The van der Waals surface area contributed by atoms with Gasteiger partial charge in [0, 0.05) is 33.9 Å². The van der Waals surface area contributed by atoms with Crippen molar-refractivity contribution in [2.75, 3.05) is 12.0 Å². The molecule has 4 aromatic carbocycles. The third kappa shape index (κ3) is 3.16. The molecule has 7 rings (SSSR count). The van der Waals surface area contributed by atoms with Gasteiger partial charge in [-0.3, -0.25) is 14.4 Å². The van der Waals surface area contributed by atoms with E-state index in [2.05, 4.69) is 0 Å². The SMILES string of the molecule is COc1cccc(C(=O)[C@@H]2[C@@H](c3ccccc3)C3(C(=O)c4ccccc4C3=O)[C@@H]3C=Cc4cc(F)ccc4N23)c1. The van der Waals surface area contributed by atoms with Gasteiger partial charge in [-0.2, -0.15) is 0 Å². The summed E-state index contributed by atoms with van der Waals surface area (Å²) in [5.74, 6) is -1.55. The molecular formula is C34H24FNO4. The lowest BCUT2D eigenvalue weighted by molar-refractivity contribution is 0.0666. The molecule has 1 saturated heterocycles. The van der Waals surface area contributed by atoms with Crippen LogP contribution in [0.3, 0.4) is 0 Å². The van der Waals surface area contributed by atoms with Gasteiger partial charge in [0.25, 0.3) is 0 Å². The summed E-state index contributed by atoms with van der Waals surface area (Å²) in [6.07, 6.45) is 3.55. The minimum absolute atomic E-state index is 0.253. The molecule has 5 nitrogen and oxygen atoms in total. The minimum Gasteiger partial charge on any atom is -0.497 e. The van der Waals surface area contributed by atoms with Gasteiger partial charge in [0.05, 0.1) is 13.2 Å². The normalized spacial score (nSPS) is 21.8. The Balaban J connectivity index is 1.54. The molecule has 196 valence electrons. The molecule has 2 heterocycles. The zero-order valence-electron chi connectivity index (χ0n) is 21.6. The number of fused-ring (bicyclic) bond motifs is 5. The van der Waals surface area contributed by atoms with Crippen LogP contribution >= 0.6 is 0 Å². The molecule has 4 aromatic rings. The van der Waals surface area contributed by atoms with Crippen LogP contribution in [-0.4, -0.2) is 36.5 Å². The van der Waals surface area contributed by atoms with E-state index in [4.69, 9.17) is 4.74 Å². The van der Waals surface area contributed by atoms with E-state index in [0.29, 0.717) is 39.3 Å². The third-order valence-corrected chi connectivity index (χ3v) is 8.55. The summed E-state index contributed by atoms with van der Waals surface area (Å²) in [5.41, 5.74) is 1.43. The highest BCUT2D eigenvalue weighted by atomic mass is 19.1. The molecule has 0 bridgehead atoms. The molecular weight excluding hydrogens is 505 g/mol. The molecule has 40 heavy (non-hydrogen) atoms. The van der Waals surface area contributed by atoms with Gasteiger partial charge in [0.15, 0.2) is 17.3 Å². The van der Waals surface area contributed by atoms with Crippen molar-refractivity contribution in [3.8, 4) is 5.75 Å². The molecule has 2 aliphatic heterocycles. The van der Waals surface area contributed by atoms with Crippen LogP contribution in [0.25, 0.3) is 6.08 Å². The maximum Gasteiger partial charge on any atom is 0.186 e. The van der Waals surface area contributed by atoms with Crippen molar-refractivity contribution in [1.29, 1.82) is 0 Å². The first-order valence-corrected chi connectivity index (χ1v) is 13.1. The fourth-order valence-corrected chi connectivity index (χ4v) is 6.93. The predicted octanol–water partition coefficient (Wildman–Crippen LogP) is 6.15. The van der Waals surface area contributed by atoms with Crippen molar-refractivity contribution < 1.29 is 23.5 Å². The maximum absolute atomic E-state index is 14.6. The average molecular weight is 530 g/mol. The number of benzene rings is 4. The lowest BCUT2D eigenvalue weighted by atomic mass is 9.64. The quantitative estimate of drug-likeness (QED) is 0.234. The zero-order valence-corrected chi connectivity index (χ0v) is 21.6. The second kappa shape index (κ2) is 8.85. The molecule has 3 atom stereocenters. The standard InChI is InChI=1S/C34H24FNO4/c1-40-24-11-7-10-22(19-24)31(37)30-29(20-8-3-2-4-9-20)34(32(38)25-12-5-6-13-26(25)33(34)39)28-17-14-21-18-23(35)15-16-27(21)36(28)30/h2-19,28-30H,1H3/t28-,29+,30-/m0/s1. The first kappa shape index (κ1) is 24.2. The molecule has 1 spiro atoms. The number of nitrogens with zero attached hydrogens (tertiary/aromatic N) is 1. The van der Waals surface area contributed by atoms with Crippen LogP contribution in [0.5, 0.6) is 5.75 Å². The number of ketones is 3. The average Bonchev–Trinajstić information content (AvgIpc) is 3.43. The van der Waals surface area contributed by atoms with Crippen molar-refractivity contribution in [3.05, 3.63) is 137 Å². The van der Waals surface area contributed by atoms with Gasteiger partial charge < -0.3 is 9.64 Å². The molecule has 0 aromatic heterocycles. The van der Waals surface area contributed by atoms with E-state index in [9.17, 15) is 18.8 Å². The van der Waals surface area contributed by atoms with Crippen molar-refractivity contribution in [1.82, 2.24) is 0 Å². The van der Waals surface area contributed by atoms with E-state index in [1.165, 1.54) is 19.2 Å². The maximum atomic E-state index is 14.6. The van der Waals surface area contributed by atoms with Gasteiger partial charge in [-0.25, -0.2) is 4.39 Å². The first-order chi connectivity index (χ1) is 19.5. The highest BCUT2D eigenvalue weighted by molar-refractivity contribution is 6.32. The molecule has 0 radical (unpaired) electrons. The lowest BCUT2D eigenvalue weighted by Gasteiger charge is -2.37. The fraction of sp³-hybridized carbons (Fsp3) is 0.147. The largest absolute Gasteiger partial charge is 0.497 e. The minimum atomic E-state index is -1.59. The van der Waals surface area contributed by atoms with Gasteiger partial charge >= 0.3 is 0 Å². The molecule has 0 unspecified atom stereocenters. The van der Waals surface area contributed by atoms with Crippen molar-refractivity contribution in [2.24, 2.45) is 5.41 Å². The van der Waals surface area contributed by atoms with E-state index >= 15 is 0 Å². The van der Waals surface area contributed by atoms with E-state index in [-0.39, 0.29) is 17.3 Å². The first-order valence-electron chi connectivity index (χ1n) is 13.1. The number of methoxy groups -OCH3 is 1. The van der Waals surface area contributed by atoms with Crippen molar-refractivity contribution in [3.63, 3.8) is 0 Å². The van der Waals surface area contributed by atoms with Crippen molar-refractivity contribution >= 4 is 29.1 Å². The van der Waals surface area contributed by atoms with E-state index in [1.54, 1.807) is 66.7 Å². The highest BCUT2D eigenvalue weighted by Crippen LogP contribution is 2.61. The Hall–Kier alpha value is -4.84. The second-order valence-electron chi connectivity index (χ2n) is 10.4. The number of ether oxygens (including phenoxy) is 1. The number of anilines is 1. The van der Waals surface area contributed by atoms with Crippen LogP contribution in [0.1, 0.15) is 48.1 Å². The van der Waals surface area contributed by atoms with Crippen molar-refractivity contribution in [2.45, 2.75) is 18.0 Å². The summed E-state index contributed by atoms with van der Waals surface area (Å²) in [4.78, 5) is 45.6. The summed E-state index contributed by atoms with van der Waals surface area (Å²) in [7, 11) is 1.53. The molecule has 6 heteroatoms. The van der Waals surface area contributed by atoms with Gasteiger partial charge in [-0.15, -0.1) is 0 Å². The summed E-state index contributed by atoms with van der Waals surface area (Å²) in [6.45, 7) is 0. The number of halogens is 1. The van der Waals surface area contributed by atoms with Gasteiger partial charge in [-0.1, -0.05) is 78.9 Å².